The van der Waals surface area contributed by atoms with Crippen LogP contribution >= 0.6 is 0 Å². The number of nitrogens with two attached hydrogens (primary N) is 1. The van der Waals surface area contributed by atoms with Gasteiger partial charge in [0.15, 0.2) is 0 Å². The first kappa shape index (κ1) is 19.9. The third-order valence-corrected chi connectivity index (χ3v) is 8.49. The molecule has 6 heteroatoms. The highest BCUT2D eigenvalue weighted by atomic mass is 15.2. The molecule has 2 aromatic carbocycles. The van der Waals surface area contributed by atoms with Gasteiger partial charge in [0.1, 0.15) is 11.3 Å². The van der Waals surface area contributed by atoms with Crippen LogP contribution in [-0.2, 0) is 11.8 Å². The van der Waals surface area contributed by atoms with E-state index in [1.165, 1.54) is 22.3 Å². The van der Waals surface area contributed by atoms with E-state index in [0.29, 0.717) is 24.0 Å². The maximum atomic E-state index is 6.42. The van der Waals surface area contributed by atoms with Crippen LogP contribution in [0.2, 0.25) is 0 Å². The van der Waals surface area contributed by atoms with Gasteiger partial charge >= 0.3 is 0 Å². The van der Waals surface area contributed by atoms with Crippen LogP contribution in [0, 0.1) is 18.8 Å². The van der Waals surface area contributed by atoms with Gasteiger partial charge in [-0.2, -0.15) is 5.10 Å². The number of hydrogen-bond acceptors (Lipinski definition) is 5. The Bertz CT molecular complexity index is 1450. The van der Waals surface area contributed by atoms with E-state index in [9.17, 15) is 0 Å². The van der Waals surface area contributed by atoms with Crippen molar-refractivity contribution in [2.45, 2.75) is 25.2 Å². The lowest BCUT2D eigenvalue weighted by Crippen LogP contribution is -2.32. The maximum absolute atomic E-state index is 6.42. The summed E-state index contributed by atoms with van der Waals surface area (Å²) < 4.78 is 0. The summed E-state index contributed by atoms with van der Waals surface area (Å²) in [6.45, 7) is 4.85. The van der Waals surface area contributed by atoms with Gasteiger partial charge in [-0.15, -0.1) is 0 Å². The largest absolute Gasteiger partial charge is 0.355 e. The quantitative estimate of drug-likeness (QED) is 0.488. The Balaban J connectivity index is 1.19. The summed E-state index contributed by atoms with van der Waals surface area (Å²) in [4.78, 5) is 12.1. The van der Waals surface area contributed by atoms with Gasteiger partial charge in [0.25, 0.3) is 0 Å². The number of rotatable bonds is 4. The third-order valence-electron chi connectivity index (χ3n) is 8.49. The number of aryl methyl sites for hydroxylation is 1. The van der Waals surface area contributed by atoms with Crippen molar-refractivity contribution in [1.82, 2.24) is 20.2 Å². The number of hydrogen-bond donors (Lipinski definition) is 2. The van der Waals surface area contributed by atoms with E-state index in [-0.39, 0.29) is 5.41 Å². The van der Waals surface area contributed by atoms with E-state index < -0.39 is 0 Å². The molecule has 0 radical (unpaired) electrons. The Morgan fingerprint density at radius 2 is 2.06 bits per heavy atom. The lowest BCUT2D eigenvalue weighted by atomic mass is 9.88. The summed E-state index contributed by atoms with van der Waals surface area (Å²) in [5.74, 6) is 2.11. The number of nitrogens with zero attached hydrogens (tertiary/aromatic N) is 4. The van der Waals surface area contributed by atoms with Crippen molar-refractivity contribution in [2.24, 2.45) is 17.6 Å². The van der Waals surface area contributed by atoms with Crippen molar-refractivity contribution in [2.75, 3.05) is 24.5 Å². The molecule has 6 nitrogen and oxygen atoms in total. The van der Waals surface area contributed by atoms with Gasteiger partial charge in [0.2, 0.25) is 5.65 Å². The molecule has 34 heavy (non-hydrogen) atoms. The minimum Gasteiger partial charge on any atom is -0.355 e. The van der Waals surface area contributed by atoms with Crippen molar-refractivity contribution in [1.29, 1.82) is 0 Å². The molecule has 3 aliphatic rings. The van der Waals surface area contributed by atoms with Crippen molar-refractivity contribution in [3.05, 3.63) is 77.0 Å². The highest BCUT2D eigenvalue weighted by molar-refractivity contribution is 5.90. The molecule has 0 bridgehead atoms. The fourth-order valence-corrected chi connectivity index (χ4v) is 6.75. The zero-order chi connectivity index (χ0) is 22.9. The highest BCUT2D eigenvalue weighted by Crippen LogP contribution is 2.63. The van der Waals surface area contributed by atoms with Gasteiger partial charge in [-0.1, -0.05) is 54.6 Å². The summed E-state index contributed by atoms with van der Waals surface area (Å²) in [6, 6.07) is 15.1. The predicted octanol–water partition coefficient (Wildman–Crippen LogP) is 4.25. The number of allylic oxidation sites excluding steroid dienone is 1. The van der Waals surface area contributed by atoms with E-state index in [2.05, 4.69) is 76.6 Å². The van der Waals surface area contributed by atoms with Crippen LogP contribution in [0.1, 0.15) is 28.7 Å². The molecule has 3 heterocycles. The molecule has 0 spiro atoms. The van der Waals surface area contributed by atoms with Crippen LogP contribution < -0.4 is 10.6 Å². The van der Waals surface area contributed by atoms with Gasteiger partial charge in [0.05, 0.1) is 11.9 Å². The van der Waals surface area contributed by atoms with Crippen LogP contribution in [-0.4, -0.2) is 39.8 Å². The summed E-state index contributed by atoms with van der Waals surface area (Å²) in [5, 5.41) is 7.76. The van der Waals surface area contributed by atoms with Crippen LogP contribution in [0.15, 0.2) is 54.7 Å². The number of H-pyrrole nitrogens is 1. The Morgan fingerprint density at radius 1 is 1.15 bits per heavy atom. The van der Waals surface area contributed by atoms with Crippen LogP contribution in [0.25, 0.3) is 28.5 Å². The number of aromatic nitrogens is 4. The summed E-state index contributed by atoms with van der Waals surface area (Å²) in [6.07, 6.45) is 8.38. The number of nitrogens with one attached hydrogen (secondary N) is 1. The summed E-state index contributed by atoms with van der Waals surface area (Å²) in [7, 11) is 0. The SMILES string of the molecule is Cc1ccccc1C1(CN)C2CCN(c3cnc4c(-c5cccc6c5CC=C6)[nH]nc4n3)CC21. The molecule has 3 unspecified atom stereocenters. The molecule has 3 N–H and O–H groups in total. The Kier molecular flexibility index (Phi) is 4.24. The molecule has 4 aromatic rings. The van der Waals surface area contributed by atoms with Crippen molar-refractivity contribution in [3.8, 4) is 11.3 Å². The zero-order valence-corrected chi connectivity index (χ0v) is 19.3. The van der Waals surface area contributed by atoms with Gasteiger partial charge in [-0.05, 0) is 53.9 Å². The monoisotopic (exact) mass is 448 g/mol. The lowest BCUT2D eigenvalue weighted by Gasteiger charge is -2.26. The molecule has 1 saturated carbocycles. The van der Waals surface area contributed by atoms with E-state index in [0.717, 1.165) is 48.5 Å². The Hall–Kier alpha value is -3.51. The summed E-state index contributed by atoms with van der Waals surface area (Å²) >= 11 is 0. The van der Waals surface area contributed by atoms with Crippen LogP contribution in [0.4, 0.5) is 5.82 Å². The normalized spacial score (nSPS) is 24.9. The fraction of sp³-hybridized carbons (Fsp3) is 0.321. The zero-order valence-electron chi connectivity index (χ0n) is 19.3. The Morgan fingerprint density at radius 3 is 2.94 bits per heavy atom. The number of anilines is 1. The first-order chi connectivity index (χ1) is 16.7. The smallest absolute Gasteiger partial charge is 0.202 e. The predicted molar refractivity (Wildman–Crippen MR) is 136 cm³/mol. The average Bonchev–Trinajstić information content (AvgIpc) is 3.18. The second kappa shape index (κ2) is 7.24. The molecule has 0 amide bonds. The number of piperidine rings is 1. The standard InChI is InChI=1S/C28H28N6/c1-17-6-2-3-11-21(17)28(16-29)22-12-13-34(15-23(22)28)24-14-30-26-25(32-33-27(26)31-24)20-10-5-8-18-7-4-9-19(18)20/h2-8,10-11,14,22-23H,9,12-13,15-16,29H2,1H3,(H,31,32,33). The first-order valence-corrected chi connectivity index (χ1v) is 12.2. The molecule has 3 atom stereocenters. The Labute approximate surface area is 198 Å². The number of benzene rings is 2. The van der Waals surface area contributed by atoms with Gasteiger partial charge < -0.3 is 10.6 Å². The van der Waals surface area contributed by atoms with Crippen molar-refractivity contribution < 1.29 is 0 Å². The van der Waals surface area contributed by atoms with Gasteiger partial charge in [-0.25, -0.2) is 9.97 Å². The lowest BCUT2D eigenvalue weighted by molar-refractivity contribution is 0.545. The number of aromatic amines is 1. The minimum absolute atomic E-state index is 0.0961. The van der Waals surface area contributed by atoms with Crippen molar-refractivity contribution >= 4 is 23.1 Å². The number of fused-ring (bicyclic) bond motifs is 3. The minimum atomic E-state index is 0.0961. The topological polar surface area (TPSA) is 83.7 Å². The summed E-state index contributed by atoms with van der Waals surface area (Å²) in [5.41, 5.74) is 15.5. The molecule has 2 aromatic heterocycles. The molecule has 2 aliphatic carbocycles. The van der Waals surface area contributed by atoms with Crippen LogP contribution in [0.3, 0.4) is 0 Å². The highest BCUT2D eigenvalue weighted by Gasteiger charge is 2.65. The van der Waals surface area contributed by atoms with E-state index in [4.69, 9.17) is 15.7 Å². The van der Waals surface area contributed by atoms with Crippen LogP contribution in [0.5, 0.6) is 0 Å². The van der Waals surface area contributed by atoms with E-state index in [1.54, 1.807) is 0 Å². The van der Waals surface area contributed by atoms with Crippen molar-refractivity contribution in [3.63, 3.8) is 0 Å². The second-order valence-corrected chi connectivity index (χ2v) is 9.99. The molecule has 1 saturated heterocycles. The molecular weight excluding hydrogens is 420 g/mol. The molecule has 2 fully saturated rings. The average molecular weight is 449 g/mol. The molecule has 170 valence electrons. The van der Waals surface area contributed by atoms with E-state index in [1.807, 2.05) is 6.20 Å². The van der Waals surface area contributed by atoms with E-state index >= 15 is 0 Å². The maximum Gasteiger partial charge on any atom is 0.202 e. The molecule has 1 aliphatic heterocycles. The van der Waals surface area contributed by atoms with Gasteiger partial charge in [0, 0.05) is 30.6 Å². The molecular formula is C28H28N6. The third kappa shape index (κ3) is 2.69. The van der Waals surface area contributed by atoms with Gasteiger partial charge in [-0.3, -0.25) is 5.10 Å². The first-order valence-electron chi connectivity index (χ1n) is 12.2. The molecule has 7 rings (SSSR count). The fourth-order valence-electron chi connectivity index (χ4n) is 6.75. The second-order valence-electron chi connectivity index (χ2n) is 9.99.